The van der Waals surface area contributed by atoms with Gasteiger partial charge in [0.05, 0.1) is 0 Å². The third kappa shape index (κ3) is 4.10. The van der Waals surface area contributed by atoms with E-state index in [0.29, 0.717) is 12.5 Å². The minimum atomic E-state index is -0.897. The van der Waals surface area contributed by atoms with Crippen LogP contribution in [0.15, 0.2) is 18.2 Å². The van der Waals surface area contributed by atoms with E-state index in [0.717, 1.165) is 25.5 Å². The number of hydrogen-bond acceptors (Lipinski definition) is 2. The molecule has 0 radical (unpaired) electrons. The number of hydrogen-bond donors (Lipinski definition) is 1. The van der Waals surface area contributed by atoms with E-state index in [9.17, 15) is 13.6 Å². The van der Waals surface area contributed by atoms with Gasteiger partial charge in [-0.25, -0.2) is 8.78 Å². The first kappa shape index (κ1) is 14.1. The summed E-state index contributed by atoms with van der Waals surface area (Å²) >= 11 is 0. The zero-order chi connectivity index (χ0) is 13.7. The quantitative estimate of drug-likeness (QED) is 0.888. The van der Waals surface area contributed by atoms with Gasteiger partial charge in [0.2, 0.25) is 0 Å². The van der Waals surface area contributed by atoms with Gasteiger partial charge in [-0.2, -0.15) is 0 Å². The Balaban J connectivity index is 1.82. The van der Waals surface area contributed by atoms with Crippen LogP contribution in [0.2, 0.25) is 0 Å². The van der Waals surface area contributed by atoms with Crippen LogP contribution in [0.25, 0.3) is 0 Å². The summed E-state index contributed by atoms with van der Waals surface area (Å²) in [5, 5.41) is 3.37. The molecule has 2 nitrogen and oxygen atoms in total. The number of rotatable bonds is 5. The summed E-state index contributed by atoms with van der Waals surface area (Å²) in [7, 11) is 0. The van der Waals surface area contributed by atoms with Gasteiger partial charge in [-0.1, -0.05) is 18.6 Å². The maximum atomic E-state index is 13.4. The molecule has 2 rings (SSSR count). The summed E-state index contributed by atoms with van der Waals surface area (Å²) in [6, 6.07) is 4.36. The minimum Gasteiger partial charge on any atom is -0.314 e. The average molecular weight is 267 g/mol. The van der Waals surface area contributed by atoms with Gasteiger partial charge < -0.3 is 5.32 Å². The smallest absolute Gasteiger partial charge is 0.162 e. The van der Waals surface area contributed by atoms with Gasteiger partial charge in [-0.05, 0) is 37.4 Å². The lowest BCUT2D eigenvalue weighted by molar-refractivity contribution is -0.118. The summed E-state index contributed by atoms with van der Waals surface area (Å²) < 4.78 is 26.4. The van der Waals surface area contributed by atoms with Crippen molar-refractivity contribution in [2.24, 2.45) is 0 Å². The number of piperidine rings is 1. The fraction of sp³-hybridized carbons (Fsp3) is 0.533. The van der Waals surface area contributed by atoms with E-state index in [4.69, 9.17) is 0 Å². The first-order valence-electron chi connectivity index (χ1n) is 6.85. The van der Waals surface area contributed by atoms with Crippen LogP contribution in [-0.2, 0) is 11.2 Å². The zero-order valence-corrected chi connectivity index (χ0v) is 10.9. The molecule has 1 aromatic rings. The van der Waals surface area contributed by atoms with Crippen LogP contribution in [-0.4, -0.2) is 18.4 Å². The highest BCUT2D eigenvalue weighted by molar-refractivity contribution is 5.80. The van der Waals surface area contributed by atoms with Crippen molar-refractivity contribution in [1.29, 1.82) is 0 Å². The van der Waals surface area contributed by atoms with E-state index >= 15 is 0 Å². The van der Waals surface area contributed by atoms with Crippen molar-refractivity contribution < 1.29 is 13.6 Å². The molecular weight excluding hydrogens is 248 g/mol. The summed E-state index contributed by atoms with van der Waals surface area (Å²) in [6.45, 7) is 1.01. The zero-order valence-electron chi connectivity index (χ0n) is 10.9. The standard InChI is InChI=1S/C15H19F2NO/c16-14-6-3-4-11(15(14)17)10-13(19)8-7-12-5-1-2-9-18-12/h3-4,6,12,18H,1-2,5,7-10H2. The van der Waals surface area contributed by atoms with E-state index < -0.39 is 11.6 Å². The van der Waals surface area contributed by atoms with Crippen molar-refractivity contribution >= 4 is 5.78 Å². The third-order valence-electron chi connectivity index (χ3n) is 3.60. The molecule has 1 saturated heterocycles. The van der Waals surface area contributed by atoms with Crippen molar-refractivity contribution in [3.05, 3.63) is 35.4 Å². The molecule has 1 heterocycles. The Morgan fingerprint density at radius 1 is 1.32 bits per heavy atom. The Morgan fingerprint density at radius 3 is 2.89 bits per heavy atom. The third-order valence-corrected chi connectivity index (χ3v) is 3.60. The summed E-state index contributed by atoms with van der Waals surface area (Å²) in [4.78, 5) is 11.8. The SMILES string of the molecule is O=C(CCC1CCCCN1)Cc1cccc(F)c1F. The molecular formula is C15H19F2NO. The van der Waals surface area contributed by atoms with Gasteiger partial charge in [-0.3, -0.25) is 4.79 Å². The van der Waals surface area contributed by atoms with Crippen molar-refractivity contribution in [1.82, 2.24) is 5.32 Å². The lowest BCUT2D eigenvalue weighted by Crippen LogP contribution is -2.34. The number of nitrogens with one attached hydrogen (secondary N) is 1. The Bertz CT molecular complexity index is 442. The van der Waals surface area contributed by atoms with Crippen molar-refractivity contribution in [3.8, 4) is 0 Å². The van der Waals surface area contributed by atoms with Gasteiger partial charge in [-0.15, -0.1) is 0 Å². The molecule has 4 heteroatoms. The largest absolute Gasteiger partial charge is 0.314 e. The molecule has 0 amide bonds. The number of carbonyl (C=O) groups is 1. The first-order chi connectivity index (χ1) is 9.16. The molecule has 1 aliphatic rings. The average Bonchev–Trinajstić information content (AvgIpc) is 2.43. The highest BCUT2D eigenvalue weighted by Gasteiger charge is 2.16. The molecule has 0 aliphatic carbocycles. The van der Waals surface area contributed by atoms with Crippen LogP contribution >= 0.6 is 0 Å². The number of halogens is 2. The summed E-state index contributed by atoms with van der Waals surface area (Å²) in [6.07, 6.45) is 4.69. The Labute approximate surface area is 112 Å². The maximum Gasteiger partial charge on any atom is 0.162 e. The van der Waals surface area contributed by atoms with E-state index in [2.05, 4.69) is 5.32 Å². The van der Waals surface area contributed by atoms with Crippen LogP contribution in [0, 0.1) is 11.6 Å². The molecule has 0 spiro atoms. The second-order valence-electron chi connectivity index (χ2n) is 5.11. The Hall–Kier alpha value is -1.29. The van der Waals surface area contributed by atoms with E-state index in [1.165, 1.54) is 25.0 Å². The minimum absolute atomic E-state index is 0.0175. The highest BCUT2D eigenvalue weighted by Crippen LogP contribution is 2.15. The molecule has 0 saturated carbocycles. The number of ketones is 1. The molecule has 0 aromatic heterocycles. The van der Waals surface area contributed by atoms with Crippen molar-refractivity contribution in [3.63, 3.8) is 0 Å². The van der Waals surface area contributed by atoms with E-state index in [-0.39, 0.29) is 17.8 Å². The highest BCUT2D eigenvalue weighted by atomic mass is 19.2. The normalized spacial score (nSPS) is 19.4. The van der Waals surface area contributed by atoms with E-state index in [1.807, 2.05) is 0 Å². The maximum absolute atomic E-state index is 13.4. The van der Waals surface area contributed by atoms with Crippen molar-refractivity contribution in [2.75, 3.05) is 6.54 Å². The number of carbonyl (C=O) groups excluding carboxylic acids is 1. The van der Waals surface area contributed by atoms with Gasteiger partial charge in [0.15, 0.2) is 11.6 Å². The molecule has 1 aliphatic heterocycles. The molecule has 1 fully saturated rings. The van der Waals surface area contributed by atoms with E-state index in [1.54, 1.807) is 0 Å². The van der Waals surface area contributed by atoms with Gasteiger partial charge in [0, 0.05) is 18.9 Å². The fourth-order valence-corrected chi connectivity index (χ4v) is 2.49. The monoisotopic (exact) mass is 267 g/mol. The number of Topliss-reactive ketones (excluding diaryl/α,β-unsaturated/α-hetero) is 1. The Kier molecular flexibility index (Phi) is 5.02. The van der Waals surface area contributed by atoms with Crippen LogP contribution in [0.1, 0.15) is 37.7 Å². The lowest BCUT2D eigenvalue weighted by atomic mass is 9.97. The molecule has 104 valence electrons. The lowest BCUT2D eigenvalue weighted by Gasteiger charge is -2.22. The molecule has 1 N–H and O–H groups in total. The second-order valence-corrected chi connectivity index (χ2v) is 5.11. The topological polar surface area (TPSA) is 29.1 Å². The van der Waals surface area contributed by atoms with Crippen LogP contribution in [0.5, 0.6) is 0 Å². The molecule has 0 bridgehead atoms. The Morgan fingerprint density at radius 2 is 2.16 bits per heavy atom. The predicted octanol–water partition coefficient (Wildman–Crippen LogP) is 3.00. The number of benzene rings is 1. The molecule has 1 atom stereocenters. The first-order valence-corrected chi connectivity index (χ1v) is 6.85. The summed E-state index contributed by atoms with van der Waals surface area (Å²) in [5.74, 6) is -1.82. The van der Waals surface area contributed by atoms with Crippen LogP contribution < -0.4 is 5.32 Å². The second kappa shape index (κ2) is 6.75. The summed E-state index contributed by atoms with van der Waals surface area (Å²) in [5.41, 5.74) is 0.154. The van der Waals surface area contributed by atoms with Gasteiger partial charge >= 0.3 is 0 Å². The van der Waals surface area contributed by atoms with Crippen molar-refractivity contribution in [2.45, 2.75) is 44.6 Å². The molecule has 19 heavy (non-hydrogen) atoms. The molecule has 1 unspecified atom stereocenters. The van der Waals surface area contributed by atoms with Gasteiger partial charge in [0.25, 0.3) is 0 Å². The van der Waals surface area contributed by atoms with Crippen LogP contribution in [0.4, 0.5) is 8.78 Å². The fourth-order valence-electron chi connectivity index (χ4n) is 2.49. The predicted molar refractivity (Wildman–Crippen MR) is 69.9 cm³/mol. The van der Waals surface area contributed by atoms with Crippen LogP contribution in [0.3, 0.4) is 0 Å². The molecule has 1 aromatic carbocycles. The van der Waals surface area contributed by atoms with Gasteiger partial charge in [0.1, 0.15) is 5.78 Å².